The molecule has 88 valence electrons. The summed E-state index contributed by atoms with van der Waals surface area (Å²) in [5, 5.41) is 8.60. The number of nitrogens with two attached hydrogens (primary N) is 1. The summed E-state index contributed by atoms with van der Waals surface area (Å²) >= 11 is 0. The van der Waals surface area contributed by atoms with Crippen LogP contribution in [-0.2, 0) is 11.2 Å². The zero-order chi connectivity index (χ0) is 12.3. The van der Waals surface area contributed by atoms with E-state index in [1.807, 2.05) is 0 Å². The molecule has 0 aromatic heterocycles. The minimum atomic E-state index is -1.22. The Labute approximate surface area is 90.6 Å². The number of carbonyl (C=O) groups is 1. The number of halogens is 2. The number of hydrogen-bond acceptors (Lipinski definition) is 3. The van der Waals surface area contributed by atoms with Gasteiger partial charge in [-0.3, -0.25) is 4.79 Å². The number of ether oxygens (including phenoxy) is 1. The molecule has 0 aliphatic heterocycles. The maximum Gasteiger partial charge on any atom is 0.320 e. The molecule has 0 aliphatic carbocycles. The van der Waals surface area contributed by atoms with Crippen LogP contribution in [-0.4, -0.2) is 24.2 Å². The summed E-state index contributed by atoms with van der Waals surface area (Å²) in [7, 11) is 1.28. The number of carboxylic acid groups (broad SMARTS) is 1. The Morgan fingerprint density at radius 1 is 1.50 bits per heavy atom. The van der Waals surface area contributed by atoms with Gasteiger partial charge in [0, 0.05) is 12.5 Å². The first-order chi connectivity index (χ1) is 7.45. The number of methoxy groups -OCH3 is 1. The van der Waals surface area contributed by atoms with Gasteiger partial charge in [-0.25, -0.2) is 8.78 Å². The monoisotopic (exact) mass is 230 g/mol. The van der Waals surface area contributed by atoms with Crippen molar-refractivity contribution < 1.29 is 23.4 Å². The number of benzene rings is 1. The molecule has 1 atom stereocenters. The van der Waals surface area contributed by atoms with Crippen LogP contribution in [0.3, 0.4) is 0 Å². The molecule has 16 heavy (non-hydrogen) atoms. The van der Waals surface area contributed by atoms with E-state index in [9.17, 15) is 13.6 Å². The Kier molecular flexibility index (Phi) is 3.78. The van der Waals surface area contributed by atoms with Gasteiger partial charge in [-0.15, -0.1) is 0 Å². The van der Waals surface area contributed by atoms with Gasteiger partial charge in [0.2, 0.25) is 0 Å². The van der Waals surface area contributed by atoms with Gasteiger partial charge in [0.1, 0.15) is 11.8 Å². The normalized spacial score (nSPS) is 12.2. The zero-order valence-electron chi connectivity index (χ0n) is 8.54. The van der Waals surface area contributed by atoms with E-state index in [0.717, 1.165) is 12.1 Å². The number of carboxylic acids is 1. The fraction of sp³-hybridized carbons (Fsp3) is 0.300. The summed E-state index contributed by atoms with van der Waals surface area (Å²) < 4.78 is 30.6. The third kappa shape index (κ3) is 2.66. The average Bonchev–Trinajstić information content (AvgIpc) is 2.22. The lowest BCUT2D eigenvalue weighted by Crippen LogP contribution is -2.32. The van der Waals surface area contributed by atoms with Gasteiger partial charge in [-0.2, -0.15) is 0 Å². The Hall–Kier alpha value is -1.69. The standard InChI is InChI=1S/C10H11F2NO3/c1-16-9-4-7(12)6(11)2-5(9)3-8(13)10(14)15/h2,4,8H,3,13H2,1H3,(H,14,15)/i11-1. The molecule has 0 radical (unpaired) electrons. The van der Waals surface area contributed by atoms with Crippen molar-refractivity contribution in [1.29, 1.82) is 0 Å². The molecular weight excluding hydrogens is 219 g/mol. The van der Waals surface area contributed by atoms with E-state index in [-0.39, 0.29) is 17.7 Å². The summed E-state index contributed by atoms with van der Waals surface area (Å²) in [6, 6.07) is 0.565. The molecule has 6 heteroatoms. The second-order valence-electron chi connectivity index (χ2n) is 3.23. The van der Waals surface area contributed by atoms with Crippen molar-refractivity contribution in [2.45, 2.75) is 12.5 Å². The number of rotatable bonds is 4. The summed E-state index contributed by atoms with van der Waals surface area (Å²) in [6.07, 6.45) is -0.129. The molecule has 1 aromatic carbocycles. The third-order valence-electron chi connectivity index (χ3n) is 2.08. The van der Waals surface area contributed by atoms with Gasteiger partial charge >= 0.3 is 5.97 Å². The van der Waals surface area contributed by atoms with Crippen LogP contribution in [0.25, 0.3) is 0 Å². The molecule has 0 heterocycles. The molecule has 0 spiro atoms. The molecule has 0 saturated carbocycles. The van der Waals surface area contributed by atoms with Crippen LogP contribution in [0.15, 0.2) is 12.1 Å². The van der Waals surface area contributed by atoms with Gasteiger partial charge in [0.05, 0.1) is 7.11 Å². The topological polar surface area (TPSA) is 72.5 Å². The Balaban J connectivity index is 3.03. The van der Waals surface area contributed by atoms with Crippen molar-refractivity contribution in [3.63, 3.8) is 0 Å². The summed E-state index contributed by atoms with van der Waals surface area (Å²) in [6.45, 7) is 0. The SMILES string of the molecule is COc1cc(F)c([18F])cc1CC(N)C(=O)O. The highest BCUT2D eigenvalue weighted by Gasteiger charge is 2.17. The molecule has 0 bridgehead atoms. The molecule has 1 rings (SSSR count). The number of hydrogen-bond donors (Lipinski definition) is 2. The van der Waals surface area contributed by atoms with E-state index >= 15 is 0 Å². The highest BCUT2D eigenvalue weighted by Crippen LogP contribution is 2.23. The van der Waals surface area contributed by atoms with Crippen LogP contribution in [0.4, 0.5) is 8.78 Å². The van der Waals surface area contributed by atoms with Crippen molar-refractivity contribution >= 4 is 5.97 Å². The molecule has 0 fully saturated rings. The van der Waals surface area contributed by atoms with E-state index in [0.29, 0.717) is 0 Å². The summed E-state index contributed by atoms with van der Waals surface area (Å²) in [5.74, 6) is -3.25. The highest BCUT2D eigenvalue weighted by molar-refractivity contribution is 5.73. The first-order valence-corrected chi connectivity index (χ1v) is 4.46. The van der Waals surface area contributed by atoms with Gasteiger partial charge < -0.3 is 15.6 Å². The maximum atomic E-state index is 12.9. The first-order valence-electron chi connectivity index (χ1n) is 4.46. The lowest BCUT2D eigenvalue weighted by molar-refractivity contribution is -0.138. The fourth-order valence-corrected chi connectivity index (χ4v) is 1.24. The zero-order valence-corrected chi connectivity index (χ0v) is 8.54. The lowest BCUT2D eigenvalue weighted by Gasteiger charge is -2.11. The van der Waals surface area contributed by atoms with Crippen molar-refractivity contribution in [3.8, 4) is 5.75 Å². The molecule has 0 aliphatic rings. The Bertz CT molecular complexity index is 409. The summed E-state index contributed by atoms with van der Waals surface area (Å²) in [4.78, 5) is 10.5. The van der Waals surface area contributed by atoms with Crippen molar-refractivity contribution in [1.82, 2.24) is 0 Å². The van der Waals surface area contributed by atoms with Gasteiger partial charge in [-0.05, 0) is 11.6 Å². The highest BCUT2D eigenvalue weighted by atomic mass is 19.1. The molecule has 0 saturated heterocycles. The molecule has 3 N–H and O–H groups in total. The second kappa shape index (κ2) is 4.89. The van der Waals surface area contributed by atoms with E-state index in [2.05, 4.69) is 0 Å². The molecular formula is C10H11F2NO3. The molecule has 1 aromatic rings. The minimum Gasteiger partial charge on any atom is -0.496 e. The lowest BCUT2D eigenvalue weighted by atomic mass is 10.1. The van der Waals surface area contributed by atoms with Crippen LogP contribution in [0.2, 0.25) is 0 Å². The van der Waals surface area contributed by atoms with Crippen molar-refractivity contribution in [2.24, 2.45) is 5.73 Å². The summed E-state index contributed by atoms with van der Waals surface area (Å²) in [5.41, 5.74) is 5.51. The van der Waals surface area contributed by atoms with Gasteiger partial charge in [0.15, 0.2) is 11.6 Å². The smallest absolute Gasteiger partial charge is 0.320 e. The van der Waals surface area contributed by atoms with Crippen molar-refractivity contribution in [2.75, 3.05) is 7.11 Å². The van der Waals surface area contributed by atoms with E-state index in [1.165, 1.54) is 7.11 Å². The number of aliphatic carboxylic acids is 1. The first kappa shape index (κ1) is 12.4. The predicted molar refractivity (Wildman–Crippen MR) is 52.2 cm³/mol. The molecule has 0 amide bonds. The van der Waals surface area contributed by atoms with Crippen LogP contribution < -0.4 is 10.5 Å². The average molecular weight is 230 g/mol. The molecule has 4 nitrogen and oxygen atoms in total. The molecule has 1 unspecified atom stereocenters. The van der Waals surface area contributed by atoms with Gasteiger partial charge in [-0.1, -0.05) is 0 Å². The Morgan fingerprint density at radius 3 is 2.56 bits per heavy atom. The van der Waals surface area contributed by atoms with E-state index in [1.54, 1.807) is 0 Å². The Morgan fingerprint density at radius 2 is 2.06 bits per heavy atom. The largest absolute Gasteiger partial charge is 0.496 e. The van der Waals surface area contributed by atoms with E-state index < -0.39 is 23.6 Å². The predicted octanol–water partition coefficient (Wildman–Crippen LogP) is 0.928. The van der Waals surface area contributed by atoms with Crippen LogP contribution in [0.5, 0.6) is 5.75 Å². The second-order valence-corrected chi connectivity index (χ2v) is 3.23. The van der Waals surface area contributed by atoms with E-state index in [4.69, 9.17) is 15.6 Å². The third-order valence-corrected chi connectivity index (χ3v) is 2.08. The fourth-order valence-electron chi connectivity index (χ4n) is 1.24. The van der Waals surface area contributed by atoms with Crippen LogP contribution in [0, 0.1) is 11.6 Å². The minimum absolute atomic E-state index is 0.0793. The van der Waals surface area contributed by atoms with Crippen LogP contribution >= 0.6 is 0 Å². The van der Waals surface area contributed by atoms with Gasteiger partial charge in [0.25, 0.3) is 0 Å². The van der Waals surface area contributed by atoms with Crippen LogP contribution in [0.1, 0.15) is 5.56 Å². The van der Waals surface area contributed by atoms with Crippen molar-refractivity contribution in [3.05, 3.63) is 29.3 Å². The maximum absolute atomic E-state index is 12.9. The quantitative estimate of drug-likeness (QED) is 0.807.